The second kappa shape index (κ2) is 7.20. The first-order valence-corrected chi connectivity index (χ1v) is 8.22. The highest BCUT2D eigenvalue weighted by Crippen LogP contribution is 2.14. The van der Waals surface area contributed by atoms with Crippen molar-refractivity contribution >= 4 is 23.8 Å². The van der Waals surface area contributed by atoms with Crippen molar-refractivity contribution in [2.24, 2.45) is 5.92 Å². The molecule has 1 aliphatic heterocycles. The number of hydrogen-bond donors (Lipinski definition) is 1. The van der Waals surface area contributed by atoms with Crippen LogP contribution in [0.25, 0.3) is 0 Å². The lowest BCUT2D eigenvalue weighted by Gasteiger charge is -2.32. The molecule has 1 atom stereocenters. The fourth-order valence-corrected chi connectivity index (χ4v) is 2.83. The van der Waals surface area contributed by atoms with Crippen LogP contribution < -0.4 is 5.32 Å². The molecular weight excluding hydrogens is 276 g/mol. The summed E-state index contributed by atoms with van der Waals surface area (Å²) in [6.07, 6.45) is -0.532. The van der Waals surface area contributed by atoms with Gasteiger partial charge in [0.15, 0.2) is 0 Å². The molecule has 1 fully saturated rings. The van der Waals surface area contributed by atoms with E-state index >= 15 is 0 Å². The number of amides is 2. The summed E-state index contributed by atoms with van der Waals surface area (Å²) >= 11 is 1.85. The van der Waals surface area contributed by atoms with Crippen molar-refractivity contribution in [2.75, 3.05) is 24.6 Å². The first-order chi connectivity index (χ1) is 9.20. The fraction of sp³-hybridized carbons (Fsp3) is 0.857. The van der Waals surface area contributed by atoms with Gasteiger partial charge in [-0.3, -0.25) is 4.79 Å². The van der Waals surface area contributed by atoms with E-state index in [9.17, 15) is 9.59 Å². The quantitative estimate of drug-likeness (QED) is 0.867. The largest absolute Gasteiger partial charge is 0.444 e. The van der Waals surface area contributed by atoms with E-state index in [0.717, 1.165) is 24.6 Å². The minimum absolute atomic E-state index is 0.00819. The molecule has 0 aromatic carbocycles. The monoisotopic (exact) mass is 302 g/mol. The number of thioether (sulfide) groups is 1. The van der Waals surface area contributed by atoms with Gasteiger partial charge in [0.2, 0.25) is 5.91 Å². The van der Waals surface area contributed by atoms with E-state index in [1.807, 2.05) is 30.5 Å². The molecule has 0 bridgehead atoms. The fourth-order valence-electron chi connectivity index (χ4n) is 1.93. The van der Waals surface area contributed by atoms with Gasteiger partial charge in [-0.25, -0.2) is 4.79 Å². The summed E-state index contributed by atoms with van der Waals surface area (Å²) in [6, 6.07) is -0.520. The Morgan fingerprint density at radius 1 is 1.20 bits per heavy atom. The lowest BCUT2D eigenvalue weighted by atomic mass is 10.0. The Kier molecular flexibility index (Phi) is 6.17. The van der Waals surface area contributed by atoms with Gasteiger partial charge in [0.05, 0.1) is 0 Å². The molecule has 1 rings (SSSR count). The molecule has 6 heteroatoms. The molecule has 2 amide bonds. The molecule has 1 saturated heterocycles. The predicted molar refractivity (Wildman–Crippen MR) is 81.9 cm³/mol. The average Bonchev–Trinajstić information content (AvgIpc) is 2.34. The molecule has 1 heterocycles. The van der Waals surface area contributed by atoms with Gasteiger partial charge in [0, 0.05) is 24.6 Å². The Bertz CT molecular complexity index is 347. The Labute approximate surface area is 125 Å². The number of nitrogens with zero attached hydrogens (tertiary/aromatic N) is 1. The van der Waals surface area contributed by atoms with Gasteiger partial charge < -0.3 is 15.0 Å². The molecule has 1 N–H and O–H groups in total. The SMILES string of the molecule is CC(C)C(NC(=O)OC(C)(C)C)C(=O)N1CCSCC1. The highest BCUT2D eigenvalue weighted by molar-refractivity contribution is 7.99. The van der Waals surface area contributed by atoms with Crippen molar-refractivity contribution in [3.63, 3.8) is 0 Å². The van der Waals surface area contributed by atoms with E-state index in [1.165, 1.54) is 0 Å². The van der Waals surface area contributed by atoms with Gasteiger partial charge in [-0.2, -0.15) is 11.8 Å². The molecule has 1 unspecified atom stereocenters. The first kappa shape index (κ1) is 17.1. The van der Waals surface area contributed by atoms with Gasteiger partial charge in [0.1, 0.15) is 11.6 Å². The van der Waals surface area contributed by atoms with E-state index < -0.39 is 17.7 Å². The second-order valence-corrected chi connectivity index (χ2v) is 7.53. The van der Waals surface area contributed by atoms with Crippen LogP contribution >= 0.6 is 11.8 Å². The van der Waals surface area contributed by atoms with Crippen LogP contribution in [-0.2, 0) is 9.53 Å². The number of nitrogens with one attached hydrogen (secondary N) is 1. The molecule has 0 aromatic heterocycles. The third-order valence-electron chi connectivity index (χ3n) is 2.93. The maximum absolute atomic E-state index is 12.5. The van der Waals surface area contributed by atoms with Crippen molar-refractivity contribution in [1.29, 1.82) is 0 Å². The van der Waals surface area contributed by atoms with Gasteiger partial charge in [0.25, 0.3) is 0 Å². The molecule has 0 aliphatic carbocycles. The Morgan fingerprint density at radius 3 is 2.20 bits per heavy atom. The molecule has 20 heavy (non-hydrogen) atoms. The lowest BCUT2D eigenvalue weighted by molar-refractivity contribution is -0.134. The summed E-state index contributed by atoms with van der Waals surface area (Å²) in [6.45, 7) is 10.8. The maximum atomic E-state index is 12.5. The van der Waals surface area contributed by atoms with Crippen LogP contribution in [0.2, 0.25) is 0 Å². The molecule has 0 spiro atoms. The Balaban J connectivity index is 2.63. The van der Waals surface area contributed by atoms with Crippen LogP contribution in [0.3, 0.4) is 0 Å². The molecule has 0 aromatic rings. The van der Waals surface area contributed by atoms with Gasteiger partial charge in [-0.05, 0) is 26.7 Å². The summed E-state index contributed by atoms with van der Waals surface area (Å²) in [7, 11) is 0. The van der Waals surface area contributed by atoms with Gasteiger partial charge in [-0.1, -0.05) is 13.8 Å². The smallest absolute Gasteiger partial charge is 0.408 e. The van der Waals surface area contributed by atoms with Crippen LogP contribution in [0.15, 0.2) is 0 Å². The third-order valence-corrected chi connectivity index (χ3v) is 3.87. The maximum Gasteiger partial charge on any atom is 0.408 e. The third kappa shape index (κ3) is 5.61. The zero-order valence-corrected chi connectivity index (χ0v) is 13.9. The van der Waals surface area contributed by atoms with Crippen molar-refractivity contribution in [2.45, 2.75) is 46.3 Å². The Hall–Kier alpha value is -0.910. The lowest BCUT2D eigenvalue weighted by Crippen LogP contribution is -2.53. The van der Waals surface area contributed by atoms with Crippen LogP contribution in [0.5, 0.6) is 0 Å². The Morgan fingerprint density at radius 2 is 1.75 bits per heavy atom. The summed E-state index contributed by atoms with van der Waals surface area (Å²) in [4.78, 5) is 26.2. The van der Waals surface area contributed by atoms with Crippen molar-refractivity contribution in [1.82, 2.24) is 10.2 Å². The molecule has 0 saturated carbocycles. The minimum Gasteiger partial charge on any atom is -0.444 e. The summed E-state index contributed by atoms with van der Waals surface area (Å²) in [5.41, 5.74) is -0.559. The summed E-state index contributed by atoms with van der Waals surface area (Å²) in [5.74, 6) is 1.95. The number of rotatable bonds is 3. The second-order valence-electron chi connectivity index (χ2n) is 6.31. The number of carbonyl (C=O) groups excluding carboxylic acids is 2. The van der Waals surface area contributed by atoms with Crippen molar-refractivity contribution < 1.29 is 14.3 Å². The minimum atomic E-state index is -0.559. The molecule has 5 nitrogen and oxygen atoms in total. The molecular formula is C14H26N2O3S. The topological polar surface area (TPSA) is 58.6 Å². The van der Waals surface area contributed by atoms with Crippen LogP contribution in [0.1, 0.15) is 34.6 Å². The van der Waals surface area contributed by atoms with E-state index in [2.05, 4.69) is 5.32 Å². The van der Waals surface area contributed by atoms with E-state index in [4.69, 9.17) is 4.74 Å². The van der Waals surface area contributed by atoms with Crippen LogP contribution in [-0.4, -0.2) is 53.1 Å². The molecule has 116 valence electrons. The van der Waals surface area contributed by atoms with Crippen LogP contribution in [0.4, 0.5) is 4.79 Å². The van der Waals surface area contributed by atoms with E-state index in [0.29, 0.717) is 0 Å². The first-order valence-electron chi connectivity index (χ1n) is 7.07. The molecule has 1 aliphatic rings. The zero-order chi connectivity index (χ0) is 15.3. The van der Waals surface area contributed by atoms with Gasteiger partial charge in [-0.15, -0.1) is 0 Å². The van der Waals surface area contributed by atoms with Crippen molar-refractivity contribution in [3.8, 4) is 0 Å². The highest BCUT2D eigenvalue weighted by atomic mass is 32.2. The predicted octanol–water partition coefficient (Wildman–Crippen LogP) is 2.11. The number of carbonyl (C=O) groups is 2. The summed E-state index contributed by atoms with van der Waals surface area (Å²) in [5, 5.41) is 2.71. The van der Waals surface area contributed by atoms with E-state index in [-0.39, 0.29) is 11.8 Å². The molecule has 0 radical (unpaired) electrons. The van der Waals surface area contributed by atoms with Crippen molar-refractivity contribution in [3.05, 3.63) is 0 Å². The zero-order valence-electron chi connectivity index (χ0n) is 13.1. The van der Waals surface area contributed by atoms with E-state index in [1.54, 1.807) is 20.8 Å². The summed E-state index contributed by atoms with van der Waals surface area (Å²) < 4.78 is 5.23. The highest BCUT2D eigenvalue weighted by Gasteiger charge is 2.30. The number of alkyl carbamates (subject to hydrolysis) is 1. The van der Waals surface area contributed by atoms with Crippen LogP contribution in [0, 0.1) is 5.92 Å². The standard InChI is InChI=1S/C14H26N2O3S/c1-10(2)11(15-13(18)19-14(3,4)5)12(17)16-6-8-20-9-7-16/h10-11H,6-9H2,1-5H3,(H,15,18). The number of ether oxygens (including phenoxy) is 1. The number of hydrogen-bond acceptors (Lipinski definition) is 4. The average molecular weight is 302 g/mol. The van der Waals surface area contributed by atoms with Gasteiger partial charge >= 0.3 is 6.09 Å². The normalized spacial score (nSPS) is 17.8.